The van der Waals surface area contributed by atoms with Gasteiger partial charge in [0, 0.05) is 43.4 Å². The summed E-state index contributed by atoms with van der Waals surface area (Å²) in [6.45, 7) is 3.36. The molecule has 1 fully saturated rings. The van der Waals surface area contributed by atoms with Crippen LogP contribution in [0.4, 0.5) is 16.2 Å². The van der Waals surface area contributed by atoms with Gasteiger partial charge in [-0.05, 0) is 24.6 Å². The van der Waals surface area contributed by atoms with Gasteiger partial charge in [0.2, 0.25) is 0 Å². The number of nitrogens with zero attached hydrogens (tertiary/aromatic N) is 4. The summed E-state index contributed by atoms with van der Waals surface area (Å²) in [4.78, 5) is 20.8. The number of aromatic nitrogens is 2. The van der Waals surface area contributed by atoms with Crippen molar-refractivity contribution >= 4 is 28.3 Å². The molecule has 0 saturated carbocycles. The zero-order valence-electron chi connectivity index (χ0n) is 13.2. The van der Waals surface area contributed by atoms with Crippen LogP contribution in [0.25, 0.3) is 10.9 Å². The van der Waals surface area contributed by atoms with E-state index in [1.54, 1.807) is 12.4 Å². The highest BCUT2D eigenvalue weighted by Crippen LogP contribution is 2.32. The van der Waals surface area contributed by atoms with Crippen molar-refractivity contribution in [1.29, 1.82) is 0 Å². The van der Waals surface area contributed by atoms with Gasteiger partial charge >= 0.3 is 6.03 Å². The minimum atomic E-state index is 0.0115. The van der Waals surface area contributed by atoms with Crippen LogP contribution >= 0.6 is 0 Å². The molecule has 3 heterocycles. The summed E-state index contributed by atoms with van der Waals surface area (Å²) in [6.07, 6.45) is 5.55. The summed E-state index contributed by atoms with van der Waals surface area (Å²) in [5.74, 6) is 0. The quantitative estimate of drug-likeness (QED) is 0.729. The molecule has 116 valence electrons. The maximum Gasteiger partial charge on any atom is 0.329 e. The van der Waals surface area contributed by atoms with Crippen molar-refractivity contribution in [3.05, 3.63) is 54.5 Å². The normalized spacial score (nSPS) is 15.0. The van der Waals surface area contributed by atoms with Gasteiger partial charge in [0.25, 0.3) is 0 Å². The Morgan fingerprint density at radius 1 is 1.04 bits per heavy atom. The van der Waals surface area contributed by atoms with Crippen LogP contribution in [0.1, 0.15) is 5.56 Å². The summed E-state index contributed by atoms with van der Waals surface area (Å²) >= 11 is 0. The molecule has 2 aromatic heterocycles. The van der Waals surface area contributed by atoms with E-state index in [0.717, 1.165) is 27.8 Å². The van der Waals surface area contributed by atoms with Crippen LogP contribution in [-0.2, 0) is 7.05 Å². The van der Waals surface area contributed by atoms with Crippen molar-refractivity contribution in [2.24, 2.45) is 7.05 Å². The lowest BCUT2D eigenvalue weighted by Gasteiger charge is -2.19. The Bertz CT molecular complexity index is 899. The van der Waals surface area contributed by atoms with Crippen LogP contribution in [0.2, 0.25) is 0 Å². The Balaban J connectivity index is 1.74. The molecule has 2 amide bonds. The molecule has 0 spiro atoms. The van der Waals surface area contributed by atoms with Crippen LogP contribution < -0.4 is 9.80 Å². The van der Waals surface area contributed by atoms with Gasteiger partial charge in [-0.2, -0.15) is 0 Å². The molecular formula is C18H18N4O. The first kappa shape index (κ1) is 13.8. The molecule has 1 aliphatic rings. The molecule has 1 saturated heterocycles. The first-order chi connectivity index (χ1) is 11.2. The third-order valence-electron chi connectivity index (χ3n) is 4.48. The van der Waals surface area contributed by atoms with Crippen molar-refractivity contribution < 1.29 is 4.79 Å². The molecule has 4 rings (SSSR count). The lowest BCUT2D eigenvalue weighted by molar-refractivity contribution is 0.256. The average molecular weight is 306 g/mol. The number of para-hydroxylation sites is 1. The standard InChI is InChI=1S/C18H18N4O/c1-13-7-8-19-11-16(13)21-9-10-22(18(21)23)17-12-20(2)15-6-4-3-5-14(15)17/h3-8,11-12H,9-10H2,1-2H3. The van der Waals surface area contributed by atoms with Gasteiger partial charge in [-0.1, -0.05) is 18.2 Å². The second-order valence-electron chi connectivity index (χ2n) is 5.89. The average Bonchev–Trinajstić information content (AvgIpc) is 3.09. The number of anilines is 2. The monoisotopic (exact) mass is 306 g/mol. The van der Waals surface area contributed by atoms with Gasteiger partial charge in [-0.3, -0.25) is 14.8 Å². The van der Waals surface area contributed by atoms with E-state index in [0.29, 0.717) is 13.1 Å². The Morgan fingerprint density at radius 2 is 1.78 bits per heavy atom. The van der Waals surface area contributed by atoms with Crippen LogP contribution in [-0.4, -0.2) is 28.7 Å². The number of amides is 2. The van der Waals surface area contributed by atoms with E-state index in [9.17, 15) is 4.79 Å². The zero-order chi connectivity index (χ0) is 16.0. The van der Waals surface area contributed by atoms with Crippen LogP contribution in [0, 0.1) is 6.92 Å². The Kier molecular flexibility index (Phi) is 3.08. The molecule has 3 aromatic rings. The molecule has 5 heteroatoms. The molecule has 0 bridgehead atoms. The maximum absolute atomic E-state index is 12.9. The van der Waals surface area contributed by atoms with E-state index < -0.39 is 0 Å². The van der Waals surface area contributed by atoms with Gasteiger partial charge < -0.3 is 4.57 Å². The fourth-order valence-electron chi connectivity index (χ4n) is 3.26. The summed E-state index contributed by atoms with van der Waals surface area (Å²) in [5, 5.41) is 1.10. The van der Waals surface area contributed by atoms with E-state index >= 15 is 0 Å². The van der Waals surface area contributed by atoms with Crippen LogP contribution in [0.5, 0.6) is 0 Å². The van der Waals surface area contributed by atoms with Crippen molar-refractivity contribution in [3.63, 3.8) is 0 Å². The molecule has 0 unspecified atom stereocenters. The SMILES string of the molecule is Cc1ccncc1N1CCN(c2cn(C)c3ccccc23)C1=O. The summed E-state index contributed by atoms with van der Waals surface area (Å²) < 4.78 is 2.07. The van der Waals surface area contributed by atoms with Crippen molar-refractivity contribution in [3.8, 4) is 0 Å². The number of fused-ring (bicyclic) bond motifs is 1. The Hall–Kier alpha value is -2.82. The molecule has 5 nitrogen and oxygen atoms in total. The zero-order valence-corrected chi connectivity index (χ0v) is 13.2. The number of carbonyl (C=O) groups is 1. The topological polar surface area (TPSA) is 41.4 Å². The number of carbonyl (C=O) groups excluding carboxylic acids is 1. The van der Waals surface area contributed by atoms with Crippen molar-refractivity contribution in [2.45, 2.75) is 6.92 Å². The number of aryl methyl sites for hydroxylation is 2. The second-order valence-corrected chi connectivity index (χ2v) is 5.89. The predicted octanol–water partition coefficient (Wildman–Crippen LogP) is 3.33. The van der Waals surface area contributed by atoms with E-state index in [1.807, 2.05) is 48.2 Å². The van der Waals surface area contributed by atoms with Crippen molar-refractivity contribution in [2.75, 3.05) is 22.9 Å². The molecule has 23 heavy (non-hydrogen) atoms. The highest BCUT2D eigenvalue weighted by atomic mass is 16.2. The van der Waals surface area contributed by atoms with Crippen LogP contribution in [0.3, 0.4) is 0 Å². The number of pyridine rings is 1. The number of rotatable bonds is 2. The highest BCUT2D eigenvalue weighted by molar-refractivity contribution is 6.11. The summed E-state index contributed by atoms with van der Waals surface area (Å²) in [5.41, 5.74) is 4.05. The number of urea groups is 1. The smallest absolute Gasteiger partial charge is 0.329 e. The molecule has 0 radical (unpaired) electrons. The minimum absolute atomic E-state index is 0.0115. The molecule has 1 aliphatic heterocycles. The lowest BCUT2D eigenvalue weighted by atomic mass is 10.2. The molecule has 0 N–H and O–H groups in total. The van der Waals surface area contributed by atoms with Crippen molar-refractivity contribution in [1.82, 2.24) is 9.55 Å². The summed E-state index contributed by atoms with van der Waals surface area (Å²) in [7, 11) is 2.01. The molecule has 0 aliphatic carbocycles. The van der Waals surface area contributed by atoms with Gasteiger partial charge in [0.15, 0.2) is 0 Å². The fraction of sp³-hybridized carbons (Fsp3) is 0.222. The fourth-order valence-corrected chi connectivity index (χ4v) is 3.26. The van der Waals surface area contributed by atoms with E-state index in [2.05, 4.69) is 21.7 Å². The lowest BCUT2D eigenvalue weighted by Crippen LogP contribution is -2.32. The molecular weight excluding hydrogens is 288 g/mol. The van der Waals surface area contributed by atoms with Crippen LogP contribution in [0.15, 0.2) is 48.9 Å². The van der Waals surface area contributed by atoms with Gasteiger partial charge in [-0.25, -0.2) is 4.79 Å². The third kappa shape index (κ3) is 2.08. The maximum atomic E-state index is 12.9. The third-order valence-corrected chi connectivity index (χ3v) is 4.48. The second kappa shape index (κ2) is 5.12. The summed E-state index contributed by atoms with van der Waals surface area (Å²) in [6, 6.07) is 10.1. The number of benzene rings is 1. The number of hydrogen-bond acceptors (Lipinski definition) is 2. The van der Waals surface area contributed by atoms with E-state index in [1.165, 1.54) is 0 Å². The van der Waals surface area contributed by atoms with E-state index in [4.69, 9.17) is 0 Å². The van der Waals surface area contributed by atoms with Gasteiger partial charge in [0.05, 0.1) is 17.6 Å². The van der Waals surface area contributed by atoms with Gasteiger partial charge in [0.1, 0.15) is 0 Å². The first-order valence-electron chi connectivity index (χ1n) is 7.70. The predicted molar refractivity (Wildman–Crippen MR) is 92.0 cm³/mol. The Labute approximate surface area is 134 Å². The Morgan fingerprint density at radius 3 is 2.57 bits per heavy atom. The highest BCUT2D eigenvalue weighted by Gasteiger charge is 2.33. The largest absolute Gasteiger partial charge is 0.348 e. The number of hydrogen-bond donors (Lipinski definition) is 0. The first-order valence-corrected chi connectivity index (χ1v) is 7.70. The van der Waals surface area contributed by atoms with Gasteiger partial charge in [-0.15, -0.1) is 0 Å². The minimum Gasteiger partial charge on any atom is -0.348 e. The molecule has 0 atom stereocenters. The molecule has 1 aromatic carbocycles. The van der Waals surface area contributed by atoms with E-state index in [-0.39, 0.29) is 6.03 Å².